The minimum atomic E-state index is 0.182. The molecule has 19 heavy (non-hydrogen) atoms. The highest BCUT2D eigenvalue weighted by Crippen LogP contribution is 2.25. The van der Waals surface area contributed by atoms with E-state index in [2.05, 4.69) is 24.2 Å². The molecule has 0 bridgehead atoms. The predicted molar refractivity (Wildman–Crippen MR) is 82.3 cm³/mol. The summed E-state index contributed by atoms with van der Waals surface area (Å²) in [5, 5.41) is 4.91. The quantitative estimate of drug-likeness (QED) is 0.798. The molecule has 1 aromatic carbocycles. The molecule has 0 fully saturated rings. The number of hydrogen-bond donors (Lipinski definition) is 1. The largest absolute Gasteiger partial charge is 0.383 e. The van der Waals surface area contributed by atoms with Crippen LogP contribution in [0.25, 0.3) is 0 Å². The molecule has 0 saturated heterocycles. The zero-order valence-corrected chi connectivity index (χ0v) is 13.3. The van der Waals surface area contributed by atoms with Crippen molar-refractivity contribution in [2.45, 2.75) is 13.0 Å². The Kier molecular flexibility index (Phi) is 7.73. The number of nitrogens with zero attached hydrogens (tertiary/aromatic N) is 1. The van der Waals surface area contributed by atoms with Crippen molar-refractivity contribution >= 4 is 23.2 Å². The number of benzene rings is 1. The van der Waals surface area contributed by atoms with Gasteiger partial charge in [0.25, 0.3) is 0 Å². The van der Waals surface area contributed by atoms with E-state index in [4.69, 9.17) is 27.9 Å². The van der Waals surface area contributed by atoms with Gasteiger partial charge in [0.15, 0.2) is 0 Å². The second kappa shape index (κ2) is 8.77. The van der Waals surface area contributed by atoms with Gasteiger partial charge < -0.3 is 15.0 Å². The smallest absolute Gasteiger partial charge is 0.0589 e. The Balaban J connectivity index is 2.38. The molecule has 0 radical (unpaired) electrons. The fraction of sp³-hybridized carbons (Fsp3) is 0.571. The van der Waals surface area contributed by atoms with E-state index in [1.165, 1.54) is 0 Å². The van der Waals surface area contributed by atoms with Gasteiger partial charge >= 0.3 is 0 Å². The average molecular weight is 305 g/mol. The molecule has 0 spiro atoms. The second-order valence-corrected chi connectivity index (χ2v) is 5.48. The summed E-state index contributed by atoms with van der Waals surface area (Å²) in [6.45, 7) is 5.64. The third-order valence-electron chi connectivity index (χ3n) is 3.05. The molecule has 0 aliphatic heterocycles. The zero-order chi connectivity index (χ0) is 14.3. The van der Waals surface area contributed by atoms with Gasteiger partial charge in [-0.3, -0.25) is 0 Å². The molecule has 0 heterocycles. The Morgan fingerprint density at radius 3 is 2.74 bits per heavy atom. The van der Waals surface area contributed by atoms with E-state index >= 15 is 0 Å². The number of halogens is 2. The molecular weight excluding hydrogens is 283 g/mol. The Morgan fingerprint density at radius 1 is 1.32 bits per heavy atom. The maximum absolute atomic E-state index is 6.18. The maximum atomic E-state index is 6.18. The van der Waals surface area contributed by atoms with Crippen molar-refractivity contribution in [1.82, 2.24) is 10.2 Å². The van der Waals surface area contributed by atoms with Crippen molar-refractivity contribution in [2.75, 3.05) is 40.4 Å². The SMILES string of the molecule is COCCN(C)CCNC(C)c1cc(Cl)ccc1Cl. The van der Waals surface area contributed by atoms with E-state index in [-0.39, 0.29) is 6.04 Å². The van der Waals surface area contributed by atoms with Crippen LogP contribution in [0, 0.1) is 0 Å². The predicted octanol–water partition coefficient (Wildman–Crippen LogP) is 3.22. The van der Waals surface area contributed by atoms with Crippen LogP contribution < -0.4 is 5.32 Å². The molecule has 5 heteroatoms. The van der Waals surface area contributed by atoms with Crippen molar-refractivity contribution in [3.8, 4) is 0 Å². The highest BCUT2D eigenvalue weighted by atomic mass is 35.5. The van der Waals surface area contributed by atoms with Gasteiger partial charge in [0, 0.05) is 42.8 Å². The minimum Gasteiger partial charge on any atom is -0.383 e. The normalized spacial score (nSPS) is 12.9. The van der Waals surface area contributed by atoms with E-state index in [0.717, 1.165) is 36.8 Å². The van der Waals surface area contributed by atoms with Crippen LogP contribution in [0.5, 0.6) is 0 Å². The summed E-state index contributed by atoms with van der Waals surface area (Å²) in [5.41, 5.74) is 1.04. The van der Waals surface area contributed by atoms with E-state index in [1.54, 1.807) is 13.2 Å². The standard InChI is InChI=1S/C14H22Cl2N2O/c1-11(13-10-12(15)4-5-14(13)16)17-6-7-18(2)8-9-19-3/h4-5,10-11,17H,6-9H2,1-3H3. The number of ether oxygens (including phenoxy) is 1. The molecule has 0 aliphatic carbocycles. The molecule has 108 valence electrons. The van der Waals surface area contributed by atoms with Crippen LogP contribution in [0.2, 0.25) is 10.0 Å². The molecule has 0 amide bonds. The second-order valence-electron chi connectivity index (χ2n) is 4.64. The van der Waals surface area contributed by atoms with Gasteiger partial charge in [-0.25, -0.2) is 0 Å². The van der Waals surface area contributed by atoms with Crippen LogP contribution in [0.1, 0.15) is 18.5 Å². The Labute approximate surface area is 125 Å². The average Bonchev–Trinajstić information content (AvgIpc) is 2.39. The minimum absolute atomic E-state index is 0.182. The van der Waals surface area contributed by atoms with Crippen LogP contribution in [0.15, 0.2) is 18.2 Å². The first-order valence-electron chi connectivity index (χ1n) is 6.40. The van der Waals surface area contributed by atoms with Gasteiger partial charge in [0.2, 0.25) is 0 Å². The van der Waals surface area contributed by atoms with E-state index in [0.29, 0.717) is 5.02 Å². The summed E-state index contributed by atoms with van der Waals surface area (Å²) in [6, 6.07) is 5.73. The van der Waals surface area contributed by atoms with Gasteiger partial charge in [-0.1, -0.05) is 23.2 Å². The lowest BCUT2D eigenvalue weighted by atomic mass is 10.1. The van der Waals surface area contributed by atoms with Gasteiger partial charge in [0.05, 0.1) is 6.61 Å². The molecule has 1 aromatic rings. The first-order chi connectivity index (χ1) is 9.04. The van der Waals surface area contributed by atoms with E-state index < -0.39 is 0 Å². The lowest BCUT2D eigenvalue weighted by Gasteiger charge is -2.20. The van der Waals surface area contributed by atoms with Crippen LogP contribution in [-0.2, 0) is 4.74 Å². The van der Waals surface area contributed by atoms with E-state index in [1.807, 2.05) is 12.1 Å². The number of likely N-dealkylation sites (N-methyl/N-ethyl adjacent to an activating group) is 1. The van der Waals surface area contributed by atoms with Crippen LogP contribution in [-0.4, -0.2) is 45.3 Å². The summed E-state index contributed by atoms with van der Waals surface area (Å²) in [5.74, 6) is 0. The first kappa shape index (κ1) is 16.7. The number of rotatable bonds is 8. The van der Waals surface area contributed by atoms with Crippen LogP contribution in [0.4, 0.5) is 0 Å². The summed E-state index contributed by atoms with van der Waals surface area (Å²) >= 11 is 12.2. The Morgan fingerprint density at radius 2 is 2.05 bits per heavy atom. The van der Waals surface area contributed by atoms with Gasteiger partial charge in [-0.2, -0.15) is 0 Å². The monoisotopic (exact) mass is 304 g/mol. The molecule has 1 unspecified atom stereocenters. The maximum Gasteiger partial charge on any atom is 0.0589 e. The topological polar surface area (TPSA) is 24.5 Å². The lowest BCUT2D eigenvalue weighted by Crippen LogP contribution is -2.32. The highest BCUT2D eigenvalue weighted by Gasteiger charge is 2.09. The van der Waals surface area contributed by atoms with Crippen molar-refractivity contribution in [3.05, 3.63) is 33.8 Å². The van der Waals surface area contributed by atoms with Gasteiger partial charge in [0.1, 0.15) is 0 Å². The molecule has 1 rings (SSSR count). The Bertz CT molecular complexity index is 388. The lowest BCUT2D eigenvalue weighted by molar-refractivity contribution is 0.161. The third kappa shape index (κ3) is 6.11. The van der Waals surface area contributed by atoms with Crippen molar-refractivity contribution in [1.29, 1.82) is 0 Å². The number of nitrogens with one attached hydrogen (secondary N) is 1. The van der Waals surface area contributed by atoms with Crippen molar-refractivity contribution in [3.63, 3.8) is 0 Å². The summed E-state index contributed by atoms with van der Waals surface area (Å²) in [7, 11) is 3.80. The highest BCUT2D eigenvalue weighted by molar-refractivity contribution is 6.33. The molecule has 0 aromatic heterocycles. The van der Waals surface area contributed by atoms with Crippen LogP contribution >= 0.6 is 23.2 Å². The molecule has 3 nitrogen and oxygen atoms in total. The fourth-order valence-corrected chi connectivity index (χ4v) is 2.25. The van der Waals surface area contributed by atoms with Crippen LogP contribution in [0.3, 0.4) is 0 Å². The number of methoxy groups -OCH3 is 1. The molecule has 1 atom stereocenters. The van der Waals surface area contributed by atoms with E-state index in [9.17, 15) is 0 Å². The molecular formula is C14H22Cl2N2O. The van der Waals surface area contributed by atoms with Crippen molar-refractivity contribution < 1.29 is 4.74 Å². The zero-order valence-electron chi connectivity index (χ0n) is 11.7. The molecule has 0 aliphatic rings. The summed E-state index contributed by atoms with van der Waals surface area (Å²) in [6.07, 6.45) is 0. The number of hydrogen-bond acceptors (Lipinski definition) is 3. The fourth-order valence-electron chi connectivity index (χ4n) is 1.79. The molecule has 0 saturated carbocycles. The molecule has 1 N–H and O–H groups in total. The van der Waals surface area contributed by atoms with Gasteiger partial charge in [-0.05, 0) is 37.7 Å². The van der Waals surface area contributed by atoms with Gasteiger partial charge in [-0.15, -0.1) is 0 Å². The summed E-state index contributed by atoms with van der Waals surface area (Å²) < 4.78 is 5.04. The van der Waals surface area contributed by atoms with Crippen molar-refractivity contribution in [2.24, 2.45) is 0 Å². The summed E-state index contributed by atoms with van der Waals surface area (Å²) in [4.78, 5) is 2.22. The third-order valence-corrected chi connectivity index (χ3v) is 3.63. The Hall–Kier alpha value is -0.320. The first-order valence-corrected chi connectivity index (χ1v) is 7.16.